The van der Waals surface area contributed by atoms with Gasteiger partial charge in [-0.05, 0) is 37.1 Å². The van der Waals surface area contributed by atoms with Crippen LogP contribution in [0.5, 0.6) is 0 Å². The summed E-state index contributed by atoms with van der Waals surface area (Å²) in [6.45, 7) is 1.18. The summed E-state index contributed by atoms with van der Waals surface area (Å²) in [6.07, 6.45) is 1.65. The lowest BCUT2D eigenvalue weighted by Crippen LogP contribution is -2.44. The van der Waals surface area contributed by atoms with E-state index in [2.05, 4.69) is 10.6 Å². The van der Waals surface area contributed by atoms with Gasteiger partial charge in [0.15, 0.2) is 0 Å². The first-order valence-electron chi connectivity index (χ1n) is 6.93. The van der Waals surface area contributed by atoms with Crippen molar-refractivity contribution in [2.24, 2.45) is 5.92 Å². The van der Waals surface area contributed by atoms with Crippen LogP contribution in [0.15, 0.2) is 24.3 Å². The van der Waals surface area contributed by atoms with Gasteiger partial charge < -0.3 is 10.4 Å². The van der Waals surface area contributed by atoms with E-state index in [1.165, 1.54) is 0 Å². The molecule has 2 amide bonds. The van der Waals surface area contributed by atoms with Crippen molar-refractivity contribution in [3.8, 4) is 0 Å². The first-order chi connectivity index (χ1) is 10.1. The maximum absolute atomic E-state index is 11.6. The molecule has 21 heavy (non-hydrogen) atoms. The molecule has 0 aliphatic carbocycles. The van der Waals surface area contributed by atoms with Crippen LogP contribution in [0.2, 0.25) is 0 Å². The number of amides is 2. The SMILES string of the molecule is O=C1CCC(CNCCc2cccc(C(=O)O)c2)C(=O)N1. The van der Waals surface area contributed by atoms with Crippen LogP contribution in [0.25, 0.3) is 0 Å². The molecule has 1 unspecified atom stereocenters. The molecule has 0 spiro atoms. The Morgan fingerprint density at radius 3 is 2.90 bits per heavy atom. The molecule has 1 aromatic carbocycles. The monoisotopic (exact) mass is 290 g/mol. The summed E-state index contributed by atoms with van der Waals surface area (Å²) < 4.78 is 0. The highest BCUT2D eigenvalue weighted by atomic mass is 16.4. The number of hydrogen-bond acceptors (Lipinski definition) is 4. The molecule has 1 aliphatic heterocycles. The molecule has 1 heterocycles. The van der Waals surface area contributed by atoms with Gasteiger partial charge in [-0.25, -0.2) is 4.79 Å². The molecule has 0 bridgehead atoms. The van der Waals surface area contributed by atoms with Gasteiger partial charge in [0, 0.05) is 13.0 Å². The molecule has 6 nitrogen and oxygen atoms in total. The van der Waals surface area contributed by atoms with Gasteiger partial charge in [-0.15, -0.1) is 0 Å². The van der Waals surface area contributed by atoms with E-state index < -0.39 is 5.97 Å². The fourth-order valence-electron chi connectivity index (χ4n) is 2.30. The highest BCUT2D eigenvalue weighted by Crippen LogP contribution is 2.11. The second-order valence-corrected chi connectivity index (χ2v) is 5.11. The first kappa shape index (κ1) is 15.2. The van der Waals surface area contributed by atoms with Crippen molar-refractivity contribution in [1.29, 1.82) is 0 Å². The number of nitrogens with one attached hydrogen (secondary N) is 2. The average molecular weight is 290 g/mol. The zero-order chi connectivity index (χ0) is 15.2. The summed E-state index contributed by atoms with van der Waals surface area (Å²) in [5.74, 6) is -1.53. The summed E-state index contributed by atoms with van der Waals surface area (Å²) in [6, 6.07) is 6.80. The molecule has 1 saturated heterocycles. The van der Waals surface area contributed by atoms with Crippen molar-refractivity contribution in [1.82, 2.24) is 10.6 Å². The normalized spacial score (nSPS) is 18.4. The van der Waals surface area contributed by atoms with Crippen LogP contribution in [0.1, 0.15) is 28.8 Å². The molecular weight excluding hydrogens is 272 g/mol. The molecule has 6 heteroatoms. The molecule has 1 atom stereocenters. The van der Waals surface area contributed by atoms with Gasteiger partial charge in [0.05, 0.1) is 11.5 Å². The average Bonchev–Trinajstić information content (AvgIpc) is 2.45. The van der Waals surface area contributed by atoms with Crippen LogP contribution < -0.4 is 10.6 Å². The Hall–Kier alpha value is -2.21. The van der Waals surface area contributed by atoms with Crippen molar-refractivity contribution < 1.29 is 19.5 Å². The summed E-state index contributed by atoms with van der Waals surface area (Å²) >= 11 is 0. The van der Waals surface area contributed by atoms with Crippen molar-refractivity contribution in [2.75, 3.05) is 13.1 Å². The van der Waals surface area contributed by atoms with E-state index >= 15 is 0 Å². The molecule has 1 aromatic rings. The number of imide groups is 1. The Bertz CT molecular complexity index is 556. The quantitative estimate of drug-likeness (QED) is 0.526. The predicted molar refractivity (Wildman–Crippen MR) is 75.8 cm³/mol. The van der Waals surface area contributed by atoms with Crippen molar-refractivity contribution >= 4 is 17.8 Å². The Labute approximate surface area is 122 Å². The highest BCUT2D eigenvalue weighted by molar-refractivity contribution is 5.98. The van der Waals surface area contributed by atoms with Crippen LogP contribution in [0, 0.1) is 5.92 Å². The maximum atomic E-state index is 11.6. The second-order valence-electron chi connectivity index (χ2n) is 5.11. The number of benzene rings is 1. The van der Waals surface area contributed by atoms with Gasteiger partial charge in [0.2, 0.25) is 11.8 Å². The third kappa shape index (κ3) is 4.39. The number of carboxylic acid groups (broad SMARTS) is 1. The number of rotatable bonds is 6. The molecule has 1 aliphatic rings. The molecule has 2 rings (SSSR count). The van der Waals surface area contributed by atoms with Gasteiger partial charge in [-0.1, -0.05) is 12.1 Å². The smallest absolute Gasteiger partial charge is 0.335 e. The van der Waals surface area contributed by atoms with Gasteiger partial charge in [-0.2, -0.15) is 0 Å². The molecular formula is C15H18N2O4. The fraction of sp³-hybridized carbons (Fsp3) is 0.400. The van der Waals surface area contributed by atoms with Crippen molar-refractivity contribution in [3.05, 3.63) is 35.4 Å². The minimum atomic E-state index is -0.937. The number of aromatic carboxylic acids is 1. The van der Waals surface area contributed by atoms with Gasteiger partial charge >= 0.3 is 5.97 Å². The van der Waals surface area contributed by atoms with Gasteiger partial charge in [0.25, 0.3) is 0 Å². The molecule has 0 aromatic heterocycles. The Kier molecular flexibility index (Phi) is 5.05. The highest BCUT2D eigenvalue weighted by Gasteiger charge is 2.25. The number of hydrogen-bond donors (Lipinski definition) is 3. The number of carboxylic acids is 1. The van der Waals surface area contributed by atoms with Gasteiger partial charge in [0.1, 0.15) is 0 Å². The molecule has 112 valence electrons. The minimum Gasteiger partial charge on any atom is -0.478 e. The largest absolute Gasteiger partial charge is 0.478 e. The number of carbonyl (C=O) groups excluding carboxylic acids is 2. The minimum absolute atomic E-state index is 0.173. The summed E-state index contributed by atoms with van der Waals surface area (Å²) in [5.41, 5.74) is 1.21. The van der Waals surface area contributed by atoms with Crippen molar-refractivity contribution in [2.45, 2.75) is 19.3 Å². The zero-order valence-electron chi connectivity index (χ0n) is 11.6. The third-order valence-electron chi connectivity index (χ3n) is 3.51. The molecule has 3 N–H and O–H groups in total. The van der Waals surface area contributed by atoms with Crippen LogP contribution in [0.4, 0.5) is 0 Å². The predicted octanol–water partition coefficient (Wildman–Crippen LogP) is 0.570. The van der Waals surface area contributed by atoms with E-state index in [0.717, 1.165) is 5.56 Å². The second kappa shape index (κ2) is 6.99. The van der Waals surface area contributed by atoms with E-state index in [1.807, 2.05) is 6.07 Å². The van der Waals surface area contributed by atoms with Crippen LogP contribution in [0.3, 0.4) is 0 Å². The van der Waals surface area contributed by atoms with Crippen LogP contribution in [-0.4, -0.2) is 36.0 Å². The maximum Gasteiger partial charge on any atom is 0.335 e. The lowest BCUT2D eigenvalue weighted by atomic mass is 9.98. The Balaban J connectivity index is 1.75. The summed E-state index contributed by atoms with van der Waals surface area (Å²) in [4.78, 5) is 33.4. The standard InChI is InChI=1S/C15H18N2O4/c18-13-5-4-12(14(19)17-13)9-16-7-6-10-2-1-3-11(8-10)15(20)21/h1-3,8,12,16H,4-7,9H2,(H,20,21)(H,17,18,19). The fourth-order valence-corrected chi connectivity index (χ4v) is 2.30. The van der Waals surface area contributed by atoms with E-state index in [0.29, 0.717) is 32.4 Å². The molecule has 1 fully saturated rings. The summed E-state index contributed by atoms with van der Waals surface area (Å²) in [7, 11) is 0. The number of piperidine rings is 1. The van der Waals surface area contributed by atoms with E-state index in [1.54, 1.807) is 18.2 Å². The Morgan fingerprint density at radius 2 is 2.19 bits per heavy atom. The van der Waals surface area contributed by atoms with E-state index in [4.69, 9.17) is 5.11 Å². The molecule has 0 saturated carbocycles. The lowest BCUT2D eigenvalue weighted by Gasteiger charge is -2.21. The first-order valence-corrected chi connectivity index (χ1v) is 6.93. The van der Waals surface area contributed by atoms with E-state index in [9.17, 15) is 14.4 Å². The van der Waals surface area contributed by atoms with E-state index in [-0.39, 0.29) is 23.3 Å². The van der Waals surface area contributed by atoms with Crippen LogP contribution in [-0.2, 0) is 16.0 Å². The third-order valence-corrected chi connectivity index (χ3v) is 3.51. The van der Waals surface area contributed by atoms with Crippen molar-refractivity contribution in [3.63, 3.8) is 0 Å². The lowest BCUT2D eigenvalue weighted by molar-refractivity contribution is -0.136. The Morgan fingerprint density at radius 1 is 1.38 bits per heavy atom. The zero-order valence-corrected chi connectivity index (χ0v) is 11.6. The molecule has 0 radical (unpaired) electrons. The van der Waals surface area contributed by atoms with Gasteiger partial charge in [-0.3, -0.25) is 14.9 Å². The topological polar surface area (TPSA) is 95.5 Å². The number of carbonyl (C=O) groups is 3. The summed E-state index contributed by atoms with van der Waals surface area (Å²) in [5, 5.41) is 14.4. The van der Waals surface area contributed by atoms with Crippen LogP contribution >= 0.6 is 0 Å².